The van der Waals surface area contributed by atoms with Crippen LogP contribution in [0.1, 0.15) is 27.6 Å². The average molecular weight is 273 g/mol. The molecule has 7 heteroatoms. The highest BCUT2D eigenvalue weighted by Gasteiger charge is 2.29. The van der Waals surface area contributed by atoms with Crippen LogP contribution >= 0.6 is 0 Å². The predicted molar refractivity (Wildman–Crippen MR) is 67.3 cm³/mol. The number of anilines is 1. The minimum atomic E-state index is -1.01. The zero-order valence-electron chi connectivity index (χ0n) is 10.7. The van der Waals surface area contributed by atoms with Gasteiger partial charge in [0, 0.05) is 12.6 Å². The van der Waals surface area contributed by atoms with E-state index in [0.717, 1.165) is 0 Å². The molecule has 2 heterocycles. The number of hydrogen-bond donors (Lipinski definition) is 1. The van der Waals surface area contributed by atoms with E-state index in [-0.39, 0.29) is 24.4 Å². The summed E-state index contributed by atoms with van der Waals surface area (Å²) in [6.45, 7) is 1.89. The summed E-state index contributed by atoms with van der Waals surface area (Å²) in [6, 6.07) is 4.64. The van der Waals surface area contributed by atoms with Crippen molar-refractivity contribution < 1.29 is 19.2 Å². The third kappa shape index (κ3) is 2.03. The molecule has 1 N–H and O–H groups in total. The number of hydrogen-bond acceptors (Lipinski definition) is 5. The van der Waals surface area contributed by atoms with E-state index < -0.39 is 5.97 Å². The molecule has 0 aliphatic carbocycles. The maximum Gasteiger partial charge on any atom is 0.335 e. The number of rotatable bonds is 3. The van der Waals surface area contributed by atoms with Crippen LogP contribution in [-0.2, 0) is 17.8 Å². The van der Waals surface area contributed by atoms with E-state index in [2.05, 4.69) is 10.1 Å². The maximum atomic E-state index is 12.0. The molecule has 0 bridgehead atoms. The van der Waals surface area contributed by atoms with Crippen LogP contribution in [0.5, 0.6) is 0 Å². The summed E-state index contributed by atoms with van der Waals surface area (Å²) in [6.07, 6.45) is 0.188. The second kappa shape index (κ2) is 4.44. The van der Waals surface area contributed by atoms with E-state index in [4.69, 9.17) is 9.63 Å². The smallest absolute Gasteiger partial charge is 0.335 e. The van der Waals surface area contributed by atoms with Crippen molar-refractivity contribution in [2.24, 2.45) is 0 Å². The van der Waals surface area contributed by atoms with Crippen molar-refractivity contribution in [3.8, 4) is 0 Å². The minimum absolute atomic E-state index is 0.106. The molecular weight excluding hydrogens is 262 g/mol. The Hall–Kier alpha value is -2.70. The summed E-state index contributed by atoms with van der Waals surface area (Å²) in [7, 11) is 0. The molecule has 102 valence electrons. The van der Waals surface area contributed by atoms with Gasteiger partial charge in [-0.1, -0.05) is 5.16 Å². The van der Waals surface area contributed by atoms with Gasteiger partial charge in [0.15, 0.2) is 5.82 Å². The molecule has 1 aliphatic rings. The lowest BCUT2D eigenvalue weighted by Gasteiger charge is -2.15. The highest BCUT2D eigenvalue weighted by atomic mass is 16.5. The Balaban J connectivity index is 1.92. The molecule has 1 aromatic carbocycles. The second-order valence-electron chi connectivity index (χ2n) is 4.53. The number of carbonyl (C=O) groups excluding carboxylic acids is 1. The van der Waals surface area contributed by atoms with Crippen LogP contribution < -0.4 is 4.90 Å². The maximum absolute atomic E-state index is 12.0. The van der Waals surface area contributed by atoms with Crippen LogP contribution in [-0.4, -0.2) is 27.1 Å². The fraction of sp³-hybridized carbons (Fsp3) is 0.231. The Morgan fingerprint density at radius 2 is 2.30 bits per heavy atom. The van der Waals surface area contributed by atoms with Crippen molar-refractivity contribution in [1.82, 2.24) is 10.1 Å². The fourth-order valence-corrected chi connectivity index (χ4v) is 2.24. The van der Waals surface area contributed by atoms with E-state index in [1.165, 1.54) is 17.0 Å². The first-order valence-corrected chi connectivity index (χ1v) is 6.00. The Kier molecular flexibility index (Phi) is 2.74. The van der Waals surface area contributed by atoms with Crippen molar-refractivity contribution in [3.63, 3.8) is 0 Å². The number of carboxylic acid groups (broad SMARTS) is 1. The summed E-state index contributed by atoms with van der Waals surface area (Å²) in [5, 5.41) is 12.7. The first-order chi connectivity index (χ1) is 9.54. The average Bonchev–Trinajstić information content (AvgIpc) is 2.94. The van der Waals surface area contributed by atoms with Gasteiger partial charge in [-0.15, -0.1) is 0 Å². The van der Waals surface area contributed by atoms with E-state index >= 15 is 0 Å². The Morgan fingerprint density at radius 1 is 1.50 bits per heavy atom. The van der Waals surface area contributed by atoms with Gasteiger partial charge in [-0.3, -0.25) is 4.79 Å². The number of benzene rings is 1. The molecule has 7 nitrogen and oxygen atoms in total. The van der Waals surface area contributed by atoms with Crippen molar-refractivity contribution in [2.75, 3.05) is 4.90 Å². The third-order valence-corrected chi connectivity index (χ3v) is 3.13. The van der Waals surface area contributed by atoms with Gasteiger partial charge < -0.3 is 14.5 Å². The largest absolute Gasteiger partial charge is 0.478 e. The number of carbonyl (C=O) groups is 2. The van der Waals surface area contributed by atoms with Gasteiger partial charge in [0.1, 0.15) is 0 Å². The molecule has 20 heavy (non-hydrogen) atoms. The summed E-state index contributed by atoms with van der Waals surface area (Å²) < 4.78 is 4.87. The molecule has 0 spiro atoms. The van der Waals surface area contributed by atoms with Gasteiger partial charge in [0.05, 0.1) is 18.5 Å². The Labute approximate surface area is 113 Å². The molecule has 3 rings (SSSR count). The molecule has 1 aliphatic heterocycles. The molecule has 0 fully saturated rings. The first-order valence-electron chi connectivity index (χ1n) is 6.00. The van der Waals surface area contributed by atoms with Gasteiger partial charge in [0.2, 0.25) is 11.8 Å². The van der Waals surface area contributed by atoms with Crippen molar-refractivity contribution in [3.05, 3.63) is 41.0 Å². The lowest BCUT2D eigenvalue weighted by Crippen LogP contribution is -2.26. The topological polar surface area (TPSA) is 96.5 Å². The van der Waals surface area contributed by atoms with Gasteiger partial charge in [-0.25, -0.2) is 4.79 Å². The summed E-state index contributed by atoms with van der Waals surface area (Å²) >= 11 is 0. The standard InChI is InChI=1S/C13H11N3O4/c1-7-14-11(15-20-7)6-16-10-3-2-8(13(18)19)4-9(10)5-12(16)17/h2-4H,5-6H2,1H3,(H,18,19). The van der Waals surface area contributed by atoms with Crippen LogP contribution in [0.2, 0.25) is 0 Å². The van der Waals surface area contributed by atoms with Crippen LogP contribution in [0.25, 0.3) is 0 Å². The quantitative estimate of drug-likeness (QED) is 0.901. The lowest BCUT2D eigenvalue weighted by atomic mass is 10.1. The van der Waals surface area contributed by atoms with E-state index in [1.54, 1.807) is 13.0 Å². The van der Waals surface area contributed by atoms with Crippen LogP contribution in [0.3, 0.4) is 0 Å². The van der Waals surface area contributed by atoms with Crippen molar-refractivity contribution in [1.29, 1.82) is 0 Å². The molecule has 0 unspecified atom stereocenters. The van der Waals surface area contributed by atoms with Gasteiger partial charge in [-0.05, 0) is 23.8 Å². The van der Waals surface area contributed by atoms with Crippen LogP contribution in [0.15, 0.2) is 22.7 Å². The Morgan fingerprint density at radius 3 is 2.95 bits per heavy atom. The number of aromatic carboxylic acids is 1. The molecule has 1 aromatic heterocycles. The first kappa shape index (κ1) is 12.3. The number of aromatic nitrogens is 2. The summed E-state index contributed by atoms with van der Waals surface area (Å²) in [5.74, 6) is -0.253. The van der Waals surface area contributed by atoms with Crippen LogP contribution in [0.4, 0.5) is 5.69 Å². The Bertz CT molecular complexity index is 707. The van der Waals surface area contributed by atoms with Gasteiger partial charge >= 0.3 is 5.97 Å². The monoisotopic (exact) mass is 273 g/mol. The zero-order chi connectivity index (χ0) is 14.3. The fourth-order valence-electron chi connectivity index (χ4n) is 2.24. The molecule has 1 amide bonds. The minimum Gasteiger partial charge on any atom is -0.478 e. The molecule has 0 saturated heterocycles. The number of aryl methyl sites for hydroxylation is 1. The zero-order valence-corrected chi connectivity index (χ0v) is 10.7. The number of carboxylic acids is 1. The normalized spacial score (nSPS) is 13.7. The van der Waals surface area contributed by atoms with Gasteiger partial charge in [0.25, 0.3) is 0 Å². The summed E-state index contributed by atoms with van der Waals surface area (Å²) in [4.78, 5) is 28.5. The molecule has 0 saturated carbocycles. The SMILES string of the molecule is Cc1nc(CN2C(=O)Cc3cc(C(=O)O)ccc32)no1. The molecular formula is C13H11N3O4. The number of nitrogens with zero attached hydrogens (tertiary/aromatic N) is 3. The predicted octanol–water partition coefficient (Wildman–Crippen LogP) is 1.17. The summed E-state index contributed by atoms with van der Waals surface area (Å²) in [5.41, 5.74) is 1.58. The third-order valence-electron chi connectivity index (χ3n) is 3.13. The lowest BCUT2D eigenvalue weighted by molar-refractivity contribution is -0.117. The number of fused-ring (bicyclic) bond motifs is 1. The highest BCUT2D eigenvalue weighted by molar-refractivity contribution is 6.02. The molecule has 0 atom stereocenters. The van der Waals surface area contributed by atoms with Gasteiger partial charge in [-0.2, -0.15) is 4.98 Å². The van der Waals surface area contributed by atoms with E-state index in [1.807, 2.05) is 0 Å². The highest BCUT2D eigenvalue weighted by Crippen LogP contribution is 2.30. The second-order valence-corrected chi connectivity index (χ2v) is 4.53. The van der Waals surface area contributed by atoms with Crippen molar-refractivity contribution in [2.45, 2.75) is 19.9 Å². The van der Waals surface area contributed by atoms with E-state index in [9.17, 15) is 9.59 Å². The van der Waals surface area contributed by atoms with E-state index in [0.29, 0.717) is 23.0 Å². The van der Waals surface area contributed by atoms with Crippen LogP contribution in [0, 0.1) is 6.92 Å². The molecule has 2 aromatic rings. The van der Waals surface area contributed by atoms with Crippen molar-refractivity contribution >= 4 is 17.6 Å². The number of amides is 1. The molecule has 0 radical (unpaired) electrons.